The van der Waals surface area contributed by atoms with Crippen molar-refractivity contribution in [2.75, 3.05) is 11.9 Å². The Kier molecular flexibility index (Phi) is 2.67. The average molecular weight is 381 g/mol. The van der Waals surface area contributed by atoms with Gasteiger partial charge in [-0.1, -0.05) is 0 Å². The van der Waals surface area contributed by atoms with Crippen molar-refractivity contribution in [2.24, 2.45) is 0 Å². The van der Waals surface area contributed by atoms with Crippen molar-refractivity contribution >= 4 is 60.2 Å². The summed E-state index contributed by atoms with van der Waals surface area (Å²) in [5.41, 5.74) is 2.08. The van der Waals surface area contributed by atoms with Crippen LogP contribution in [0.4, 0.5) is 5.69 Å². The largest absolute Gasteiger partial charge is 0.369 e. The van der Waals surface area contributed by atoms with Gasteiger partial charge in [0.2, 0.25) is 0 Å². The fourth-order valence-electron chi connectivity index (χ4n) is 1.86. The fraction of sp³-hybridized carbons (Fsp3) is 0.200. The molecule has 1 aliphatic rings. The Morgan fingerprint density at radius 2 is 1.81 bits per heavy atom. The van der Waals surface area contributed by atoms with Crippen molar-refractivity contribution in [3.63, 3.8) is 0 Å². The lowest BCUT2D eigenvalue weighted by Gasteiger charge is -2.30. The number of aliphatic hydroxyl groups excluding tert-OH is 1. The first-order chi connectivity index (χ1) is 7.58. The summed E-state index contributed by atoms with van der Waals surface area (Å²) in [7, 11) is 1.91. The number of nitrogens with zero attached hydrogens (tertiary/aromatic N) is 1. The minimum absolute atomic E-state index is 0.549. The van der Waals surface area contributed by atoms with Crippen LogP contribution in [0.25, 0.3) is 9.75 Å². The van der Waals surface area contributed by atoms with Crippen molar-refractivity contribution in [3.05, 3.63) is 25.3 Å². The molecule has 0 saturated heterocycles. The summed E-state index contributed by atoms with van der Waals surface area (Å²) < 4.78 is 2.15. The van der Waals surface area contributed by atoms with E-state index in [1.54, 1.807) is 22.7 Å². The molecule has 0 bridgehead atoms. The summed E-state index contributed by atoms with van der Waals surface area (Å²) in [6.45, 7) is 0. The van der Waals surface area contributed by atoms with E-state index in [2.05, 4.69) is 37.9 Å². The molecule has 0 amide bonds. The summed E-state index contributed by atoms with van der Waals surface area (Å²) in [5.74, 6) is 0. The third-order valence-corrected chi connectivity index (χ3v) is 6.09. The van der Waals surface area contributed by atoms with Gasteiger partial charge in [-0.05, 0) is 44.0 Å². The van der Waals surface area contributed by atoms with Gasteiger partial charge in [0.15, 0.2) is 6.23 Å². The minimum Gasteiger partial charge on any atom is -0.369 e. The second kappa shape index (κ2) is 3.81. The lowest BCUT2D eigenvalue weighted by atomic mass is 10.1. The minimum atomic E-state index is -0.549. The Morgan fingerprint density at radius 1 is 1.19 bits per heavy atom. The molecule has 1 atom stereocenters. The quantitative estimate of drug-likeness (QED) is 0.730. The molecular weight excluding hydrogens is 374 g/mol. The molecule has 0 spiro atoms. The maximum Gasteiger partial charge on any atom is 0.154 e. The van der Waals surface area contributed by atoms with E-state index in [4.69, 9.17) is 0 Å². The van der Waals surface area contributed by atoms with Crippen molar-refractivity contribution < 1.29 is 5.11 Å². The number of aliphatic hydroxyl groups is 1. The van der Waals surface area contributed by atoms with E-state index in [0.717, 1.165) is 18.8 Å². The van der Waals surface area contributed by atoms with E-state index in [-0.39, 0.29) is 0 Å². The Bertz CT molecular complexity index is 513. The van der Waals surface area contributed by atoms with E-state index in [1.807, 2.05) is 18.0 Å². The Labute approximate surface area is 118 Å². The molecule has 1 unspecified atom stereocenters. The molecule has 0 saturated carbocycles. The number of hydrogen-bond acceptors (Lipinski definition) is 4. The van der Waals surface area contributed by atoms with Crippen molar-refractivity contribution in [1.29, 1.82) is 0 Å². The van der Waals surface area contributed by atoms with Gasteiger partial charge in [0.1, 0.15) is 0 Å². The normalized spacial score (nSPS) is 18.5. The lowest BCUT2D eigenvalue weighted by molar-refractivity contribution is 0.178. The lowest BCUT2D eigenvalue weighted by Crippen LogP contribution is -2.26. The third kappa shape index (κ3) is 1.51. The Balaban J connectivity index is 2.31. The van der Waals surface area contributed by atoms with Gasteiger partial charge in [-0.2, -0.15) is 0 Å². The van der Waals surface area contributed by atoms with Crippen molar-refractivity contribution in [2.45, 2.75) is 6.23 Å². The first kappa shape index (κ1) is 11.2. The zero-order valence-corrected chi connectivity index (χ0v) is 13.0. The van der Waals surface area contributed by atoms with Gasteiger partial charge in [-0.3, -0.25) is 0 Å². The second-order valence-corrected chi connectivity index (χ2v) is 8.45. The molecule has 1 N–H and O–H groups in total. The summed E-state index contributed by atoms with van der Waals surface area (Å²) >= 11 is 10.4. The smallest absolute Gasteiger partial charge is 0.154 e. The highest BCUT2D eigenvalue weighted by molar-refractivity contribution is 9.11. The Morgan fingerprint density at radius 3 is 2.56 bits per heavy atom. The van der Waals surface area contributed by atoms with Crippen molar-refractivity contribution in [1.82, 2.24) is 0 Å². The number of rotatable bonds is 0. The zero-order chi connectivity index (χ0) is 11.4. The molecule has 6 heteroatoms. The maximum absolute atomic E-state index is 10.2. The molecule has 84 valence electrons. The van der Waals surface area contributed by atoms with E-state index >= 15 is 0 Å². The molecule has 0 fully saturated rings. The monoisotopic (exact) mass is 379 g/mol. The fourth-order valence-corrected chi connectivity index (χ4v) is 5.29. The van der Waals surface area contributed by atoms with Crippen LogP contribution in [-0.2, 0) is 0 Å². The molecule has 2 aromatic heterocycles. The first-order valence-electron chi connectivity index (χ1n) is 4.58. The number of anilines is 1. The molecule has 1 aliphatic heterocycles. The topological polar surface area (TPSA) is 23.5 Å². The number of hydrogen-bond donors (Lipinski definition) is 1. The van der Waals surface area contributed by atoms with Gasteiger partial charge in [-0.25, -0.2) is 0 Å². The van der Waals surface area contributed by atoms with Gasteiger partial charge < -0.3 is 10.0 Å². The van der Waals surface area contributed by atoms with E-state index in [1.165, 1.54) is 9.75 Å². The summed E-state index contributed by atoms with van der Waals surface area (Å²) in [5, 5.41) is 10.2. The highest BCUT2D eigenvalue weighted by atomic mass is 79.9. The second-order valence-electron chi connectivity index (χ2n) is 3.58. The van der Waals surface area contributed by atoms with E-state index < -0.39 is 6.23 Å². The Hall–Kier alpha value is 0.120. The molecule has 2 nitrogen and oxygen atoms in total. The van der Waals surface area contributed by atoms with Crippen LogP contribution in [0.3, 0.4) is 0 Å². The predicted molar refractivity (Wildman–Crippen MR) is 76.4 cm³/mol. The maximum atomic E-state index is 10.2. The molecule has 16 heavy (non-hydrogen) atoms. The van der Waals surface area contributed by atoms with Gasteiger partial charge >= 0.3 is 0 Å². The van der Waals surface area contributed by atoms with Crippen LogP contribution in [0.15, 0.2) is 19.7 Å². The first-order valence-corrected chi connectivity index (χ1v) is 7.79. The predicted octanol–water partition coefficient (Wildman–Crippen LogP) is 4.44. The van der Waals surface area contributed by atoms with Crippen LogP contribution in [0.2, 0.25) is 0 Å². The van der Waals surface area contributed by atoms with Gasteiger partial charge in [0.05, 0.1) is 23.0 Å². The molecule has 0 aromatic carbocycles. The highest BCUT2D eigenvalue weighted by Crippen LogP contribution is 2.52. The standard InChI is InChI=1S/C10H7Br2NOS2/c1-13-5-3-7(12)16-9(5)8-4(10(13)14)2-6(11)15-8/h2-3,10,14H,1H3. The van der Waals surface area contributed by atoms with E-state index in [9.17, 15) is 5.11 Å². The van der Waals surface area contributed by atoms with Crippen molar-refractivity contribution in [3.8, 4) is 9.75 Å². The molecule has 2 aromatic rings. The molecule has 3 heterocycles. The van der Waals surface area contributed by atoms with Gasteiger partial charge in [0.25, 0.3) is 0 Å². The van der Waals surface area contributed by atoms with Crippen LogP contribution < -0.4 is 4.90 Å². The average Bonchev–Trinajstić information content (AvgIpc) is 2.78. The van der Waals surface area contributed by atoms with Crippen LogP contribution in [0.5, 0.6) is 0 Å². The molecule has 3 rings (SSSR count). The molecule has 0 aliphatic carbocycles. The van der Waals surface area contributed by atoms with Gasteiger partial charge in [0, 0.05) is 12.6 Å². The zero-order valence-electron chi connectivity index (χ0n) is 8.20. The molecule has 0 radical (unpaired) electrons. The van der Waals surface area contributed by atoms with Crippen LogP contribution in [0.1, 0.15) is 11.8 Å². The summed E-state index contributed by atoms with van der Waals surface area (Å²) in [6.07, 6.45) is -0.549. The third-order valence-electron chi connectivity index (χ3n) is 2.64. The number of fused-ring (bicyclic) bond motifs is 3. The molecular formula is C10H7Br2NOS2. The summed E-state index contributed by atoms with van der Waals surface area (Å²) in [6, 6.07) is 4.05. The van der Waals surface area contributed by atoms with Crippen LogP contribution in [-0.4, -0.2) is 12.2 Å². The summed E-state index contributed by atoms with van der Waals surface area (Å²) in [4.78, 5) is 4.30. The SMILES string of the molecule is CN1c2cc(Br)sc2-c2sc(Br)cc2C1O. The number of halogens is 2. The van der Waals surface area contributed by atoms with Crippen LogP contribution in [0, 0.1) is 0 Å². The van der Waals surface area contributed by atoms with Crippen LogP contribution >= 0.6 is 54.5 Å². The van der Waals surface area contributed by atoms with E-state index in [0.29, 0.717) is 0 Å². The number of thiophene rings is 2. The van der Waals surface area contributed by atoms with Gasteiger partial charge in [-0.15, -0.1) is 22.7 Å². The highest BCUT2D eigenvalue weighted by Gasteiger charge is 2.31.